The predicted octanol–water partition coefficient (Wildman–Crippen LogP) is 3.02. The zero-order valence-electron chi connectivity index (χ0n) is 14.7. The Balaban J connectivity index is 2.74. The molecule has 1 amide bonds. The topological polar surface area (TPSA) is 72.5 Å². The van der Waals surface area contributed by atoms with E-state index >= 15 is 0 Å². The molecular formula is C17H29NO4S2. The number of nitrogens with one attached hydrogen (secondary N) is 1. The third kappa shape index (κ3) is 8.97. The van der Waals surface area contributed by atoms with Crippen LogP contribution in [-0.2, 0) is 19.1 Å². The molecule has 0 aromatic heterocycles. The molecule has 2 atom stereocenters. The van der Waals surface area contributed by atoms with Crippen LogP contribution in [0.1, 0.15) is 52.4 Å². The predicted molar refractivity (Wildman–Crippen MR) is 100 cm³/mol. The number of thioether (sulfide) groups is 2. The van der Waals surface area contributed by atoms with E-state index in [0.29, 0.717) is 18.1 Å². The van der Waals surface area contributed by atoms with Crippen LogP contribution in [-0.4, -0.2) is 46.9 Å². The summed E-state index contributed by atoms with van der Waals surface area (Å²) in [5.74, 6) is 1.27. The normalized spacial score (nSPS) is 24.0. The summed E-state index contributed by atoms with van der Waals surface area (Å²) in [6.45, 7) is 3.58. The molecule has 0 saturated carbocycles. The first-order chi connectivity index (χ1) is 11.5. The van der Waals surface area contributed by atoms with E-state index in [1.807, 2.05) is 0 Å². The van der Waals surface area contributed by atoms with Crippen LogP contribution in [0, 0.1) is 5.92 Å². The molecule has 138 valence electrons. The fraction of sp³-hybridized carbons (Fsp3) is 0.824. The van der Waals surface area contributed by atoms with E-state index in [2.05, 4.69) is 5.32 Å². The second-order valence-corrected chi connectivity index (χ2v) is 8.29. The van der Waals surface area contributed by atoms with E-state index in [1.165, 1.54) is 31.5 Å². The molecule has 1 N–H and O–H groups in total. The van der Waals surface area contributed by atoms with Crippen molar-refractivity contribution >= 4 is 40.5 Å². The number of esters is 1. The molecule has 7 heteroatoms. The highest BCUT2D eigenvalue weighted by Gasteiger charge is 2.26. The molecule has 1 saturated heterocycles. The minimum absolute atomic E-state index is 0.0169. The Morgan fingerprint density at radius 3 is 2.67 bits per heavy atom. The highest BCUT2D eigenvalue weighted by atomic mass is 32.2. The van der Waals surface area contributed by atoms with Crippen molar-refractivity contribution in [2.45, 2.75) is 58.4 Å². The van der Waals surface area contributed by atoms with Crippen molar-refractivity contribution in [3.05, 3.63) is 0 Å². The molecule has 1 heterocycles. The maximum atomic E-state index is 12.6. The molecular weight excluding hydrogens is 346 g/mol. The first kappa shape index (κ1) is 21.4. The van der Waals surface area contributed by atoms with Crippen molar-refractivity contribution in [1.29, 1.82) is 0 Å². The summed E-state index contributed by atoms with van der Waals surface area (Å²) >= 11 is 2.87. The summed E-state index contributed by atoms with van der Waals surface area (Å²) in [7, 11) is 0. The molecule has 1 aliphatic heterocycles. The minimum atomic E-state index is -0.604. The average Bonchev–Trinajstić information content (AvgIpc) is 2.55. The monoisotopic (exact) mass is 375 g/mol. The van der Waals surface area contributed by atoms with Gasteiger partial charge in [0.2, 0.25) is 5.91 Å². The van der Waals surface area contributed by atoms with Gasteiger partial charge < -0.3 is 10.1 Å². The third-order valence-electron chi connectivity index (χ3n) is 3.87. The van der Waals surface area contributed by atoms with Gasteiger partial charge in [-0.15, -0.1) is 0 Å². The molecule has 1 rings (SSSR count). The van der Waals surface area contributed by atoms with Gasteiger partial charge in [0, 0.05) is 24.3 Å². The highest BCUT2D eigenvalue weighted by molar-refractivity contribution is 8.13. The molecule has 0 spiro atoms. The van der Waals surface area contributed by atoms with Gasteiger partial charge in [-0.1, -0.05) is 37.4 Å². The molecule has 5 nitrogen and oxygen atoms in total. The van der Waals surface area contributed by atoms with Crippen molar-refractivity contribution in [2.75, 3.05) is 23.9 Å². The van der Waals surface area contributed by atoms with Crippen LogP contribution in [0.2, 0.25) is 0 Å². The lowest BCUT2D eigenvalue weighted by atomic mass is 10.0. The minimum Gasteiger partial charge on any atom is -0.464 e. The van der Waals surface area contributed by atoms with Gasteiger partial charge in [0.15, 0.2) is 5.12 Å². The lowest BCUT2D eigenvalue weighted by Crippen LogP contribution is -2.46. The molecule has 1 fully saturated rings. The number of carbonyl (C=O) groups is 3. The van der Waals surface area contributed by atoms with E-state index < -0.39 is 6.04 Å². The Morgan fingerprint density at radius 1 is 1.25 bits per heavy atom. The van der Waals surface area contributed by atoms with Gasteiger partial charge in [0.25, 0.3) is 0 Å². The zero-order chi connectivity index (χ0) is 17.8. The summed E-state index contributed by atoms with van der Waals surface area (Å²) in [4.78, 5) is 35.9. The standard InChI is InChI=1S/C17H29NO4S2/c1-3-22-17(21)15-12-23-10-8-6-4-5-7-9-14(16(20)18-15)11-24-13(2)19/h14-15H,3-12H2,1-2H3,(H,18,20)/t14?,15-/m0/s1. The fourth-order valence-electron chi connectivity index (χ4n) is 2.54. The Labute approximate surface area is 153 Å². The van der Waals surface area contributed by atoms with Gasteiger partial charge in [0.05, 0.1) is 6.61 Å². The first-order valence-electron chi connectivity index (χ1n) is 8.72. The van der Waals surface area contributed by atoms with Crippen molar-refractivity contribution in [3.8, 4) is 0 Å². The highest BCUT2D eigenvalue weighted by Crippen LogP contribution is 2.20. The zero-order valence-corrected chi connectivity index (χ0v) is 16.3. The maximum absolute atomic E-state index is 12.6. The Morgan fingerprint density at radius 2 is 1.96 bits per heavy atom. The fourth-order valence-corrected chi connectivity index (χ4v) is 4.32. The maximum Gasteiger partial charge on any atom is 0.329 e. The SMILES string of the molecule is CCOC(=O)[C@@H]1CSCCCCCCCC(CSC(C)=O)C(=O)N1. The largest absolute Gasteiger partial charge is 0.464 e. The quantitative estimate of drug-likeness (QED) is 0.762. The Kier molecular flexibility index (Phi) is 11.2. The number of ether oxygens (including phenoxy) is 1. The second-order valence-electron chi connectivity index (χ2n) is 5.94. The van der Waals surface area contributed by atoms with E-state index in [9.17, 15) is 14.4 Å². The Bertz CT molecular complexity index is 417. The van der Waals surface area contributed by atoms with Gasteiger partial charge >= 0.3 is 5.97 Å². The third-order valence-corrected chi connectivity index (χ3v) is 5.99. The van der Waals surface area contributed by atoms with Gasteiger partial charge in [-0.3, -0.25) is 9.59 Å². The van der Waals surface area contributed by atoms with Crippen molar-refractivity contribution < 1.29 is 19.1 Å². The molecule has 0 aliphatic carbocycles. The second kappa shape index (κ2) is 12.6. The molecule has 0 bridgehead atoms. The molecule has 0 aromatic carbocycles. The number of hydrogen-bond acceptors (Lipinski definition) is 6. The summed E-state index contributed by atoms with van der Waals surface area (Å²) in [6, 6.07) is -0.604. The van der Waals surface area contributed by atoms with Gasteiger partial charge in [-0.25, -0.2) is 4.79 Å². The first-order valence-corrected chi connectivity index (χ1v) is 10.9. The van der Waals surface area contributed by atoms with Crippen molar-refractivity contribution in [3.63, 3.8) is 0 Å². The smallest absolute Gasteiger partial charge is 0.329 e. The van der Waals surface area contributed by atoms with Crippen LogP contribution in [0.4, 0.5) is 0 Å². The van der Waals surface area contributed by atoms with Crippen LogP contribution in [0.25, 0.3) is 0 Å². The van der Waals surface area contributed by atoms with Crippen LogP contribution in [0.15, 0.2) is 0 Å². The molecule has 0 radical (unpaired) electrons. The summed E-state index contributed by atoms with van der Waals surface area (Å²) in [5.41, 5.74) is 0. The Hall–Kier alpha value is -0.690. The summed E-state index contributed by atoms with van der Waals surface area (Å²) in [6.07, 6.45) is 6.35. The lowest BCUT2D eigenvalue weighted by Gasteiger charge is -2.21. The van der Waals surface area contributed by atoms with Crippen LogP contribution in [0.3, 0.4) is 0 Å². The van der Waals surface area contributed by atoms with E-state index in [4.69, 9.17) is 4.74 Å². The molecule has 1 aliphatic rings. The average molecular weight is 376 g/mol. The van der Waals surface area contributed by atoms with E-state index in [0.717, 1.165) is 31.4 Å². The van der Waals surface area contributed by atoms with Crippen LogP contribution >= 0.6 is 23.5 Å². The molecule has 24 heavy (non-hydrogen) atoms. The number of amides is 1. The summed E-state index contributed by atoms with van der Waals surface area (Å²) < 4.78 is 5.09. The lowest BCUT2D eigenvalue weighted by molar-refractivity contribution is -0.147. The van der Waals surface area contributed by atoms with Gasteiger partial charge in [0.1, 0.15) is 6.04 Å². The van der Waals surface area contributed by atoms with E-state index in [1.54, 1.807) is 18.7 Å². The van der Waals surface area contributed by atoms with Crippen molar-refractivity contribution in [1.82, 2.24) is 5.32 Å². The van der Waals surface area contributed by atoms with E-state index in [-0.39, 0.29) is 22.9 Å². The van der Waals surface area contributed by atoms with Crippen molar-refractivity contribution in [2.24, 2.45) is 5.92 Å². The number of rotatable bonds is 4. The molecule has 0 aromatic rings. The number of carbonyl (C=O) groups excluding carboxylic acids is 3. The van der Waals surface area contributed by atoms with Crippen LogP contribution < -0.4 is 5.32 Å². The van der Waals surface area contributed by atoms with Gasteiger partial charge in [-0.2, -0.15) is 11.8 Å². The van der Waals surface area contributed by atoms with Crippen LogP contribution in [0.5, 0.6) is 0 Å². The van der Waals surface area contributed by atoms with Gasteiger partial charge in [-0.05, 0) is 25.5 Å². The summed E-state index contributed by atoms with van der Waals surface area (Å²) in [5, 5.41) is 2.87. The molecule has 1 unspecified atom stereocenters. The number of hydrogen-bond donors (Lipinski definition) is 1.